The number of rotatable bonds is 6. The van der Waals surface area contributed by atoms with Crippen LogP contribution in [-0.4, -0.2) is 24.8 Å². The Balaban J connectivity index is 3.50. The molecule has 0 aromatic heterocycles. The Bertz CT molecular complexity index is 149. The van der Waals surface area contributed by atoms with Gasteiger partial charge >= 0.3 is 0 Å². The largest absolute Gasteiger partial charge is 0.395 e. The van der Waals surface area contributed by atoms with Crippen molar-refractivity contribution in [3.63, 3.8) is 0 Å². The molecule has 0 fully saturated rings. The summed E-state index contributed by atoms with van der Waals surface area (Å²) in [6, 6.07) is 2.14. The first-order valence-electron chi connectivity index (χ1n) is 4.31. The highest BCUT2D eigenvalue weighted by molar-refractivity contribution is 4.78. The minimum atomic E-state index is 0.158. The molecule has 0 aromatic carbocycles. The van der Waals surface area contributed by atoms with Crippen molar-refractivity contribution in [3.8, 4) is 6.07 Å². The number of hydrogen-bond donors (Lipinski definition) is 2. The molecule has 0 aromatic rings. The van der Waals surface area contributed by atoms with Gasteiger partial charge in [0.25, 0.3) is 0 Å². The maximum atomic E-state index is 8.52. The lowest BCUT2D eigenvalue weighted by Gasteiger charge is -2.23. The van der Waals surface area contributed by atoms with Crippen LogP contribution in [0.5, 0.6) is 0 Å². The van der Waals surface area contributed by atoms with Gasteiger partial charge in [-0.25, -0.2) is 0 Å². The molecule has 0 amide bonds. The van der Waals surface area contributed by atoms with Crippen molar-refractivity contribution >= 4 is 0 Å². The zero-order valence-electron chi connectivity index (χ0n) is 7.93. The van der Waals surface area contributed by atoms with Crippen LogP contribution in [0.25, 0.3) is 0 Å². The van der Waals surface area contributed by atoms with E-state index in [9.17, 15) is 0 Å². The standard InChI is InChI=1S/C9H18N2O/c1-9(2,4-3-5-10)8-11-6-7-12/h11-12H,3-4,6-8H2,1-2H3. The van der Waals surface area contributed by atoms with E-state index < -0.39 is 0 Å². The van der Waals surface area contributed by atoms with E-state index >= 15 is 0 Å². The first-order valence-corrected chi connectivity index (χ1v) is 4.31. The minimum Gasteiger partial charge on any atom is -0.395 e. The van der Waals surface area contributed by atoms with Crippen molar-refractivity contribution in [3.05, 3.63) is 0 Å². The number of aliphatic hydroxyl groups excluding tert-OH is 1. The molecule has 2 N–H and O–H groups in total. The van der Waals surface area contributed by atoms with Crippen molar-refractivity contribution < 1.29 is 5.11 Å². The smallest absolute Gasteiger partial charge is 0.0621 e. The van der Waals surface area contributed by atoms with Crippen LogP contribution in [0.15, 0.2) is 0 Å². The molecule has 12 heavy (non-hydrogen) atoms. The Hall–Kier alpha value is -0.590. The fourth-order valence-electron chi connectivity index (χ4n) is 0.989. The zero-order valence-corrected chi connectivity index (χ0v) is 7.93. The van der Waals surface area contributed by atoms with Crippen molar-refractivity contribution in [2.75, 3.05) is 19.7 Å². The van der Waals surface area contributed by atoms with Gasteiger partial charge in [0, 0.05) is 19.5 Å². The molecule has 0 saturated heterocycles. The van der Waals surface area contributed by atoms with Crippen molar-refractivity contribution in [2.45, 2.75) is 26.7 Å². The van der Waals surface area contributed by atoms with Crippen LogP contribution in [0.4, 0.5) is 0 Å². The summed E-state index contributed by atoms with van der Waals surface area (Å²) in [7, 11) is 0. The minimum absolute atomic E-state index is 0.158. The predicted octanol–water partition coefficient (Wildman–Crippen LogP) is 0.898. The molecule has 0 atom stereocenters. The average Bonchev–Trinajstić information content (AvgIpc) is 2.01. The summed E-state index contributed by atoms with van der Waals surface area (Å²) in [6.45, 7) is 5.91. The van der Waals surface area contributed by atoms with Gasteiger partial charge in [-0.2, -0.15) is 5.26 Å². The molecule has 0 unspecified atom stereocenters. The normalized spacial score (nSPS) is 11.2. The lowest BCUT2D eigenvalue weighted by Crippen LogP contribution is -2.31. The zero-order chi connectivity index (χ0) is 9.45. The second-order valence-electron chi connectivity index (χ2n) is 3.72. The van der Waals surface area contributed by atoms with E-state index in [1.807, 2.05) is 0 Å². The fraction of sp³-hybridized carbons (Fsp3) is 0.889. The van der Waals surface area contributed by atoms with Gasteiger partial charge in [0.05, 0.1) is 12.7 Å². The third-order valence-electron chi connectivity index (χ3n) is 1.81. The SMILES string of the molecule is CC(C)(CCC#N)CNCCO. The van der Waals surface area contributed by atoms with E-state index in [0.717, 1.165) is 13.0 Å². The van der Waals surface area contributed by atoms with Crippen LogP contribution < -0.4 is 5.32 Å². The van der Waals surface area contributed by atoms with Crippen LogP contribution in [0.3, 0.4) is 0 Å². The number of nitriles is 1. The molecular weight excluding hydrogens is 152 g/mol. The summed E-state index contributed by atoms with van der Waals surface area (Å²) in [5.41, 5.74) is 0.158. The van der Waals surface area contributed by atoms with Gasteiger partial charge in [0.2, 0.25) is 0 Å². The molecule has 0 aliphatic heterocycles. The molecule has 0 spiro atoms. The van der Waals surface area contributed by atoms with Crippen LogP contribution >= 0.6 is 0 Å². The molecular formula is C9H18N2O. The van der Waals surface area contributed by atoms with Gasteiger partial charge in [0.15, 0.2) is 0 Å². The summed E-state index contributed by atoms with van der Waals surface area (Å²) in [5, 5.41) is 20.0. The van der Waals surface area contributed by atoms with Gasteiger partial charge in [-0.1, -0.05) is 13.8 Å². The molecule has 0 bridgehead atoms. The Kier molecular flexibility index (Phi) is 5.69. The fourth-order valence-corrected chi connectivity index (χ4v) is 0.989. The maximum absolute atomic E-state index is 8.52. The Morgan fingerprint density at radius 3 is 2.67 bits per heavy atom. The summed E-state index contributed by atoms with van der Waals surface area (Å²) < 4.78 is 0. The molecule has 3 heteroatoms. The van der Waals surface area contributed by atoms with E-state index in [4.69, 9.17) is 10.4 Å². The molecule has 0 aliphatic carbocycles. The Morgan fingerprint density at radius 2 is 2.17 bits per heavy atom. The van der Waals surface area contributed by atoms with E-state index in [0.29, 0.717) is 13.0 Å². The average molecular weight is 170 g/mol. The van der Waals surface area contributed by atoms with Crippen molar-refractivity contribution in [1.29, 1.82) is 5.26 Å². The van der Waals surface area contributed by atoms with Crippen LogP contribution in [0.1, 0.15) is 26.7 Å². The molecule has 0 radical (unpaired) electrons. The Morgan fingerprint density at radius 1 is 1.50 bits per heavy atom. The van der Waals surface area contributed by atoms with Crippen molar-refractivity contribution in [1.82, 2.24) is 5.32 Å². The molecule has 0 saturated carbocycles. The van der Waals surface area contributed by atoms with E-state index in [1.165, 1.54) is 0 Å². The van der Waals surface area contributed by atoms with Gasteiger partial charge in [-0.15, -0.1) is 0 Å². The quantitative estimate of drug-likeness (QED) is 0.582. The van der Waals surface area contributed by atoms with Crippen LogP contribution in [-0.2, 0) is 0 Å². The van der Waals surface area contributed by atoms with Gasteiger partial charge < -0.3 is 10.4 Å². The van der Waals surface area contributed by atoms with Crippen molar-refractivity contribution in [2.24, 2.45) is 5.41 Å². The maximum Gasteiger partial charge on any atom is 0.0621 e. The van der Waals surface area contributed by atoms with E-state index in [-0.39, 0.29) is 12.0 Å². The van der Waals surface area contributed by atoms with Crippen LogP contribution in [0.2, 0.25) is 0 Å². The molecule has 3 nitrogen and oxygen atoms in total. The number of hydrogen-bond acceptors (Lipinski definition) is 3. The molecule has 0 heterocycles. The summed E-state index contributed by atoms with van der Waals surface area (Å²) in [4.78, 5) is 0. The van der Waals surface area contributed by atoms with E-state index in [1.54, 1.807) is 0 Å². The summed E-state index contributed by atoms with van der Waals surface area (Å²) >= 11 is 0. The summed E-state index contributed by atoms with van der Waals surface area (Å²) in [6.07, 6.45) is 1.51. The second-order valence-corrected chi connectivity index (χ2v) is 3.72. The topological polar surface area (TPSA) is 56.0 Å². The third-order valence-corrected chi connectivity index (χ3v) is 1.81. The lowest BCUT2D eigenvalue weighted by molar-refractivity contribution is 0.266. The van der Waals surface area contributed by atoms with Gasteiger partial charge in [-0.3, -0.25) is 0 Å². The highest BCUT2D eigenvalue weighted by Crippen LogP contribution is 2.20. The molecule has 70 valence electrons. The monoisotopic (exact) mass is 170 g/mol. The third kappa shape index (κ3) is 6.14. The highest BCUT2D eigenvalue weighted by atomic mass is 16.3. The lowest BCUT2D eigenvalue weighted by atomic mass is 9.88. The molecule has 0 rings (SSSR count). The molecule has 0 aliphatic rings. The highest BCUT2D eigenvalue weighted by Gasteiger charge is 2.16. The number of nitrogens with zero attached hydrogens (tertiary/aromatic N) is 1. The second kappa shape index (κ2) is 5.99. The van der Waals surface area contributed by atoms with Crippen LogP contribution in [0, 0.1) is 16.7 Å². The first-order chi connectivity index (χ1) is 5.62. The number of aliphatic hydroxyl groups is 1. The summed E-state index contributed by atoms with van der Waals surface area (Å²) in [5.74, 6) is 0. The number of nitrogens with one attached hydrogen (secondary N) is 1. The first kappa shape index (κ1) is 11.4. The predicted molar refractivity (Wildman–Crippen MR) is 48.6 cm³/mol. The van der Waals surface area contributed by atoms with E-state index in [2.05, 4.69) is 25.2 Å². The Labute approximate surface area is 74.4 Å². The van der Waals surface area contributed by atoms with Gasteiger partial charge in [0.1, 0.15) is 0 Å². The van der Waals surface area contributed by atoms with Gasteiger partial charge in [-0.05, 0) is 11.8 Å².